The molecule has 3 rings (SSSR count). The Bertz CT molecular complexity index is 801. The van der Waals surface area contributed by atoms with Gasteiger partial charge in [0.2, 0.25) is 0 Å². The third-order valence-corrected chi connectivity index (χ3v) is 6.57. The van der Waals surface area contributed by atoms with Crippen LogP contribution in [0.25, 0.3) is 11.0 Å². The highest BCUT2D eigenvalue weighted by Crippen LogP contribution is 2.26. The Hall–Kier alpha value is -1.14. The second-order valence-electron chi connectivity index (χ2n) is 5.49. The fourth-order valence-corrected chi connectivity index (χ4v) is 4.88. The van der Waals surface area contributed by atoms with Crippen LogP contribution >= 0.6 is 11.6 Å². The van der Waals surface area contributed by atoms with E-state index in [2.05, 4.69) is 4.98 Å². The van der Waals surface area contributed by atoms with Crippen LogP contribution in [0.2, 0.25) is 0 Å². The first-order chi connectivity index (χ1) is 9.92. The van der Waals surface area contributed by atoms with Gasteiger partial charge >= 0.3 is 0 Å². The lowest BCUT2D eigenvalue weighted by Gasteiger charge is -2.13. The van der Waals surface area contributed by atoms with Gasteiger partial charge in [-0.05, 0) is 31.4 Å². The molecular weight excluding hydrogens is 315 g/mol. The molecule has 1 aliphatic heterocycles. The molecule has 2 heterocycles. The predicted octanol–water partition coefficient (Wildman–Crippen LogP) is 2.80. The van der Waals surface area contributed by atoms with Crippen molar-refractivity contribution >= 4 is 32.5 Å². The van der Waals surface area contributed by atoms with Crippen LogP contribution < -0.4 is 0 Å². The zero-order chi connectivity index (χ0) is 15.2. The molecule has 0 aliphatic carbocycles. The SMILES string of the molecule is Cc1cc2c(cc1F)nc(CCl)n2CC1CCCS1(=O)=O. The molecule has 1 atom stereocenters. The summed E-state index contributed by atoms with van der Waals surface area (Å²) < 4.78 is 39.5. The fourth-order valence-electron chi connectivity index (χ4n) is 2.87. The number of alkyl halides is 1. The molecule has 4 nitrogen and oxygen atoms in total. The zero-order valence-electron chi connectivity index (χ0n) is 11.6. The zero-order valence-corrected chi connectivity index (χ0v) is 13.2. The number of benzene rings is 1. The molecule has 1 aromatic heterocycles. The number of hydrogen-bond acceptors (Lipinski definition) is 3. The number of nitrogens with zero attached hydrogens (tertiary/aromatic N) is 2. The molecule has 1 aromatic carbocycles. The van der Waals surface area contributed by atoms with Crippen molar-refractivity contribution in [1.82, 2.24) is 9.55 Å². The first kappa shape index (κ1) is 14.8. The predicted molar refractivity (Wildman–Crippen MR) is 80.8 cm³/mol. The number of rotatable bonds is 3. The third-order valence-electron chi connectivity index (χ3n) is 4.08. The number of imidazole rings is 1. The van der Waals surface area contributed by atoms with E-state index in [1.165, 1.54) is 6.07 Å². The lowest BCUT2D eigenvalue weighted by Crippen LogP contribution is -2.23. The fraction of sp³-hybridized carbons (Fsp3) is 0.500. The monoisotopic (exact) mass is 330 g/mol. The maximum Gasteiger partial charge on any atom is 0.154 e. The summed E-state index contributed by atoms with van der Waals surface area (Å²) in [6.07, 6.45) is 1.35. The molecule has 7 heteroatoms. The maximum absolute atomic E-state index is 13.6. The van der Waals surface area contributed by atoms with Crippen LogP contribution in [0.5, 0.6) is 0 Å². The second kappa shape index (κ2) is 5.25. The van der Waals surface area contributed by atoms with Gasteiger partial charge < -0.3 is 4.57 Å². The van der Waals surface area contributed by atoms with Crippen molar-refractivity contribution in [2.24, 2.45) is 0 Å². The van der Waals surface area contributed by atoms with Crippen molar-refractivity contribution < 1.29 is 12.8 Å². The van der Waals surface area contributed by atoms with Crippen molar-refractivity contribution in [3.05, 3.63) is 29.3 Å². The molecule has 0 saturated carbocycles. The molecule has 0 N–H and O–H groups in total. The molecule has 114 valence electrons. The summed E-state index contributed by atoms with van der Waals surface area (Å²) in [5.74, 6) is 0.677. The minimum absolute atomic E-state index is 0.169. The summed E-state index contributed by atoms with van der Waals surface area (Å²) in [4.78, 5) is 4.32. The van der Waals surface area contributed by atoms with E-state index in [-0.39, 0.29) is 17.5 Å². The van der Waals surface area contributed by atoms with E-state index in [0.717, 1.165) is 5.52 Å². The summed E-state index contributed by atoms with van der Waals surface area (Å²) in [6.45, 7) is 2.02. The summed E-state index contributed by atoms with van der Waals surface area (Å²) in [7, 11) is -3.04. The molecule has 21 heavy (non-hydrogen) atoms. The molecule has 1 fully saturated rings. The first-order valence-corrected chi connectivity index (χ1v) is 9.10. The van der Waals surface area contributed by atoms with Gasteiger partial charge in [-0.25, -0.2) is 17.8 Å². The Morgan fingerprint density at radius 3 is 2.86 bits per heavy atom. The van der Waals surface area contributed by atoms with Gasteiger partial charge in [-0.1, -0.05) is 0 Å². The number of aryl methyl sites for hydroxylation is 1. The molecule has 1 aliphatic rings. The molecule has 0 bridgehead atoms. The third kappa shape index (κ3) is 2.55. The Labute approximate surface area is 127 Å². The van der Waals surface area contributed by atoms with Crippen LogP contribution in [0.3, 0.4) is 0 Å². The van der Waals surface area contributed by atoms with Crippen molar-refractivity contribution in [1.29, 1.82) is 0 Å². The molecule has 1 saturated heterocycles. The largest absolute Gasteiger partial charge is 0.326 e. The lowest BCUT2D eigenvalue weighted by atomic mass is 10.2. The van der Waals surface area contributed by atoms with Crippen LogP contribution in [0.4, 0.5) is 4.39 Å². The molecular formula is C14H16ClFN2O2S. The van der Waals surface area contributed by atoms with Gasteiger partial charge in [-0.3, -0.25) is 0 Å². The van der Waals surface area contributed by atoms with Crippen LogP contribution in [-0.2, 0) is 22.3 Å². The Kier molecular flexibility index (Phi) is 3.69. The van der Waals surface area contributed by atoms with Gasteiger partial charge in [0.25, 0.3) is 0 Å². The Morgan fingerprint density at radius 1 is 1.48 bits per heavy atom. The lowest BCUT2D eigenvalue weighted by molar-refractivity contribution is 0.565. The number of aromatic nitrogens is 2. The van der Waals surface area contributed by atoms with E-state index in [1.807, 2.05) is 4.57 Å². The highest BCUT2D eigenvalue weighted by Gasteiger charge is 2.32. The normalized spacial score (nSPS) is 21.2. The Balaban J connectivity index is 2.10. The molecule has 1 unspecified atom stereocenters. The van der Waals surface area contributed by atoms with Crippen LogP contribution in [-0.4, -0.2) is 29.0 Å². The summed E-state index contributed by atoms with van der Waals surface area (Å²) >= 11 is 5.91. The average molecular weight is 331 g/mol. The van der Waals surface area contributed by atoms with Crippen LogP contribution in [0, 0.1) is 12.7 Å². The second-order valence-corrected chi connectivity index (χ2v) is 8.16. The van der Waals surface area contributed by atoms with Gasteiger partial charge in [0.15, 0.2) is 9.84 Å². The smallest absolute Gasteiger partial charge is 0.154 e. The first-order valence-electron chi connectivity index (χ1n) is 6.85. The number of halogens is 2. The summed E-state index contributed by atoms with van der Waals surface area (Å²) in [6, 6.07) is 3.08. The number of hydrogen-bond donors (Lipinski definition) is 0. The van der Waals surface area contributed by atoms with E-state index in [1.54, 1.807) is 13.0 Å². The van der Waals surface area contributed by atoms with Gasteiger partial charge in [0.05, 0.1) is 27.9 Å². The quantitative estimate of drug-likeness (QED) is 0.813. The van der Waals surface area contributed by atoms with Crippen LogP contribution in [0.15, 0.2) is 12.1 Å². The Morgan fingerprint density at radius 2 is 2.24 bits per heavy atom. The van der Waals surface area contributed by atoms with Crippen molar-refractivity contribution in [3.8, 4) is 0 Å². The van der Waals surface area contributed by atoms with Gasteiger partial charge in [0, 0.05) is 12.6 Å². The molecule has 2 aromatic rings. The highest BCUT2D eigenvalue weighted by molar-refractivity contribution is 7.92. The minimum atomic E-state index is -3.04. The topological polar surface area (TPSA) is 52.0 Å². The highest BCUT2D eigenvalue weighted by atomic mass is 35.5. The summed E-state index contributed by atoms with van der Waals surface area (Å²) in [5.41, 5.74) is 1.77. The molecule has 0 spiro atoms. The van der Waals surface area contributed by atoms with Crippen molar-refractivity contribution in [2.75, 3.05) is 5.75 Å². The number of sulfone groups is 1. The standard InChI is InChI=1S/C14H16ClFN2O2S/c1-9-5-13-12(6-11(9)16)17-14(7-15)18(13)8-10-3-2-4-21(10,19)20/h5-6,10H,2-4,7-8H2,1H3. The van der Waals surface area contributed by atoms with Crippen LogP contribution in [0.1, 0.15) is 24.2 Å². The van der Waals surface area contributed by atoms with Crippen molar-refractivity contribution in [3.63, 3.8) is 0 Å². The molecule has 0 amide bonds. The van der Waals surface area contributed by atoms with E-state index >= 15 is 0 Å². The van der Waals surface area contributed by atoms with E-state index in [9.17, 15) is 12.8 Å². The van der Waals surface area contributed by atoms with Crippen molar-refractivity contribution in [2.45, 2.75) is 37.4 Å². The summed E-state index contributed by atoms with van der Waals surface area (Å²) in [5, 5.41) is -0.401. The van der Waals surface area contributed by atoms with E-state index in [4.69, 9.17) is 11.6 Å². The minimum Gasteiger partial charge on any atom is -0.326 e. The van der Waals surface area contributed by atoms with E-state index in [0.29, 0.717) is 36.3 Å². The van der Waals surface area contributed by atoms with Gasteiger partial charge in [-0.2, -0.15) is 0 Å². The number of fused-ring (bicyclic) bond motifs is 1. The maximum atomic E-state index is 13.6. The van der Waals surface area contributed by atoms with Gasteiger partial charge in [-0.15, -0.1) is 11.6 Å². The van der Waals surface area contributed by atoms with Gasteiger partial charge in [0.1, 0.15) is 11.6 Å². The average Bonchev–Trinajstić information content (AvgIpc) is 2.92. The van der Waals surface area contributed by atoms with E-state index < -0.39 is 15.1 Å². The molecule has 0 radical (unpaired) electrons.